The van der Waals surface area contributed by atoms with Crippen molar-refractivity contribution in [2.75, 3.05) is 20.1 Å². The Morgan fingerprint density at radius 3 is 3.11 bits per heavy atom. The van der Waals surface area contributed by atoms with Gasteiger partial charge >= 0.3 is 0 Å². The predicted molar refractivity (Wildman–Crippen MR) is 34.3 cm³/mol. The van der Waals surface area contributed by atoms with E-state index in [1.165, 1.54) is 6.08 Å². The number of nitrogens with zero attached hydrogens (tertiary/aromatic N) is 2. The first-order valence-corrected chi connectivity index (χ1v) is 2.89. The maximum absolute atomic E-state index is 8.25. The first kappa shape index (κ1) is 5.96. The van der Waals surface area contributed by atoms with Gasteiger partial charge in [-0.1, -0.05) is 0 Å². The smallest absolute Gasteiger partial charge is 0.112 e. The Morgan fingerprint density at radius 2 is 2.67 bits per heavy atom. The highest BCUT2D eigenvalue weighted by atomic mass is 15.3. The summed E-state index contributed by atoms with van der Waals surface area (Å²) in [4.78, 5) is 2.02. The highest BCUT2D eigenvalue weighted by Gasteiger charge is 2.09. The van der Waals surface area contributed by atoms with Crippen LogP contribution in [0, 0.1) is 11.3 Å². The zero-order valence-electron chi connectivity index (χ0n) is 5.39. The van der Waals surface area contributed by atoms with Crippen LogP contribution in [0.25, 0.3) is 0 Å². The van der Waals surface area contributed by atoms with E-state index in [1.807, 2.05) is 18.0 Å². The molecule has 0 aromatic carbocycles. The Bertz CT molecular complexity index is 166. The zero-order valence-corrected chi connectivity index (χ0v) is 5.39. The van der Waals surface area contributed by atoms with Crippen LogP contribution in [-0.2, 0) is 0 Å². The van der Waals surface area contributed by atoms with Crippen LogP contribution in [-0.4, -0.2) is 25.0 Å². The molecule has 0 saturated carbocycles. The topological polar surface area (TPSA) is 39.1 Å². The van der Waals surface area contributed by atoms with Gasteiger partial charge in [0, 0.05) is 20.1 Å². The third-order valence-corrected chi connectivity index (χ3v) is 1.37. The van der Waals surface area contributed by atoms with Crippen molar-refractivity contribution in [2.24, 2.45) is 0 Å². The lowest BCUT2D eigenvalue weighted by atomic mass is 10.6. The Balaban J connectivity index is 2.62. The van der Waals surface area contributed by atoms with Gasteiger partial charge in [0.2, 0.25) is 0 Å². The molecule has 1 aliphatic rings. The predicted octanol–water partition coefficient (Wildman–Crippen LogP) is -0.114. The quantitative estimate of drug-likeness (QED) is 0.457. The fourth-order valence-electron chi connectivity index (χ4n) is 0.829. The lowest BCUT2D eigenvalue weighted by molar-refractivity contribution is 0.485. The fourth-order valence-corrected chi connectivity index (χ4v) is 0.829. The van der Waals surface area contributed by atoms with Crippen molar-refractivity contribution < 1.29 is 0 Å². The molecule has 3 heteroatoms. The second-order valence-electron chi connectivity index (χ2n) is 2.01. The maximum Gasteiger partial charge on any atom is 0.112 e. The summed E-state index contributed by atoms with van der Waals surface area (Å²) in [6.07, 6.45) is 1.52. The number of hydrogen-bond acceptors (Lipinski definition) is 3. The Kier molecular flexibility index (Phi) is 1.59. The van der Waals surface area contributed by atoms with E-state index in [4.69, 9.17) is 5.26 Å². The molecule has 3 nitrogen and oxygen atoms in total. The van der Waals surface area contributed by atoms with Gasteiger partial charge in [0.25, 0.3) is 0 Å². The van der Waals surface area contributed by atoms with Crippen LogP contribution in [0.2, 0.25) is 0 Å². The van der Waals surface area contributed by atoms with Crippen LogP contribution >= 0.6 is 0 Å². The van der Waals surface area contributed by atoms with Gasteiger partial charge < -0.3 is 10.2 Å². The van der Waals surface area contributed by atoms with Crippen molar-refractivity contribution in [3.63, 3.8) is 0 Å². The molecule has 0 aliphatic carbocycles. The van der Waals surface area contributed by atoms with Gasteiger partial charge in [0.05, 0.1) is 12.1 Å². The summed E-state index contributed by atoms with van der Waals surface area (Å²) in [5, 5.41) is 11.3. The van der Waals surface area contributed by atoms with E-state index in [1.54, 1.807) is 0 Å². The highest BCUT2D eigenvalue weighted by molar-refractivity contribution is 5.12. The summed E-state index contributed by atoms with van der Waals surface area (Å²) in [6.45, 7) is 1.94. The summed E-state index contributed by atoms with van der Waals surface area (Å²) in [6, 6.07) is 1.97. The Hall–Kier alpha value is -1.17. The van der Waals surface area contributed by atoms with E-state index in [0.717, 1.165) is 18.9 Å². The summed E-state index contributed by atoms with van der Waals surface area (Å²) in [5.74, 6) is 0.928. The first-order chi connectivity index (χ1) is 4.34. The van der Waals surface area contributed by atoms with Crippen molar-refractivity contribution >= 4 is 0 Å². The van der Waals surface area contributed by atoms with Gasteiger partial charge in [0.1, 0.15) is 5.82 Å². The molecule has 1 rings (SSSR count). The number of nitrogens with one attached hydrogen (secondary N) is 1. The van der Waals surface area contributed by atoms with E-state index in [2.05, 4.69) is 5.32 Å². The third kappa shape index (κ3) is 1.14. The molecule has 1 N–H and O–H groups in total. The average Bonchev–Trinajstić information content (AvgIpc) is 2.18. The van der Waals surface area contributed by atoms with E-state index in [9.17, 15) is 0 Å². The van der Waals surface area contributed by atoms with Crippen molar-refractivity contribution in [2.45, 2.75) is 0 Å². The minimum atomic E-state index is 0.928. The molecular formula is C6H9N3. The number of hydrogen-bond donors (Lipinski definition) is 1. The largest absolute Gasteiger partial charge is 0.369 e. The molecule has 1 aliphatic heterocycles. The summed E-state index contributed by atoms with van der Waals surface area (Å²) >= 11 is 0. The molecule has 0 spiro atoms. The fraction of sp³-hybridized carbons (Fsp3) is 0.500. The summed E-state index contributed by atoms with van der Waals surface area (Å²) in [7, 11) is 1.96. The molecular weight excluding hydrogens is 114 g/mol. The van der Waals surface area contributed by atoms with Crippen LogP contribution in [0.15, 0.2) is 11.9 Å². The van der Waals surface area contributed by atoms with Crippen molar-refractivity contribution in [1.82, 2.24) is 10.2 Å². The number of likely N-dealkylation sites (N-methyl/N-ethyl adjacent to an activating group) is 1. The van der Waals surface area contributed by atoms with E-state index < -0.39 is 0 Å². The second kappa shape index (κ2) is 2.40. The number of rotatable bonds is 0. The molecule has 1 saturated heterocycles. The molecule has 0 aromatic rings. The Labute approximate surface area is 54.6 Å². The van der Waals surface area contributed by atoms with Crippen molar-refractivity contribution in [3.8, 4) is 6.07 Å². The molecule has 0 bridgehead atoms. The average molecular weight is 123 g/mol. The molecule has 0 amide bonds. The Morgan fingerprint density at radius 1 is 1.89 bits per heavy atom. The van der Waals surface area contributed by atoms with Crippen LogP contribution < -0.4 is 5.32 Å². The van der Waals surface area contributed by atoms with Gasteiger partial charge in [-0.3, -0.25) is 0 Å². The van der Waals surface area contributed by atoms with Crippen LogP contribution in [0.5, 0.6) is 0 Å². The van der Waals surface area contributed by atoms with Crippen LogP contribution in [0.4, 0.5) is 0 Å². The summed E-state index contributed by atoms with van der Waals surface area (Å²) < 4.78 is 0. The monoisotopic (exact) mass is 123 g/mol. The lowest BCUT2D eigenvalue weighted by Gasteiger charge is -2.08. The summed E-state index contributed by atoms with van der Waals surface area (Å²) in [5.41, 5.74) is 0. The number of nitriles is 1. The second-order valence-corrected chi connectivity index (χ2v) is 2.01. The van der Waals surface area contributed by atoms with Gasteiger partial charge in [-0.05, 0) is 0 Å². The minimum absolute atomic E-state index is 0.928. The van der Waals surface area contributed by atoms with E-state index in [-0.39, 0.29) is 0 Å². The lowest BCUT2D eigenvalue weighted by Crippen LogP contribution is -2.13. The molecule has 1 heterocycles. The van der Waals surface area contributed by atoms with Crippen LogP contribution in [0.1, 0.15) is 0 Å². The maximum atomic E-state index is 8.25. The van der Waals surface area contributed by atoms with E-state index in [0.29, 0.717) is 0 Å². The molecule has 0 atom stereocenters. The normalized spacial score (nSPS) is 21.8. The van der Waals surface area contributed by atoms with E-state index >= 15 is 0 Å². The molecule has 0 radical (unpaired) electrons. The highest BCUT2D eigenvalue weighted by Crippen LogP contribution is 2.01. The molecule has 1 fully saturated rings. The van der Waals surface area contributed by atoms with Gasteiger partial charge in [-0.15, -0.1) is 0 Å². The molecule has 0 unspecified atom stereocenters. The zero-order chi connectivity index (χ0) is 6.69. The first-order valence-electron chi connectivity index (χ1n) is 2.89. The van der Waals surface area contributed by atoms with Gasteiger partial charge in [-0.2, -0.15) is 5.26 Å². The molecule has 9 heavy (non-hydrogen) atoms. The van der Waals surface area contributed by atoms with Gasteiger partial charge in [-0.25, -0.2) is 0 Å². The SMILES string of the molecule is CN1CCN/C1=C\C#N. The minimum Gasteiger partial charge on any atom is -0.369 e. The van der Waals surface area contributed by atoms with Crippen LogP contribution in [0.3, 0.4) is 0 Å². The third-order valence-electron chi connectivity index (χ3n) is 1.37. The van der Waals surface area contributed by atoms with Crippen molar-refractivity contribution in [3.05, 3.63) is 11.9 Å². The molecule has 0 aromatic heterocycles. The standard InChI is InChI=1S/C6H9N3/c1-9-5-4-8-6(9)2-3-7/h2,8H,4-5H2,1H3/b6-2+. The van der Waals surface area contributed by atoms with Gasteiger partial charge in [0.15, 0.2) is 0 Å². The molecule has 48 valence electrons. The number of allylic oxidation sites excluding steroid dienone is 1. The van der Waals surface area contributed by atoms with Crippen molar-refractivity contribution in [1.29, 1.82) is 5.26 Å².